The largest absolute Gasteiger partial charge is 0.483 e. The van der Waals surface area contributed by atoms with Crippen molar-refractivity contribution in [3.05, 3.63) is 64.2 Å². The fourth-order valence-electron chi connectivity index (χ4n) is 7.21. The normalized spacial score (nSPS) is 24.4. The van der Waals surface area contributed by atoms with E-state index in [4.69, 9.17) is 47.9 Å². The SMILES string of the molecule is Cc1nnc(-c2ccc(CNC(=O)CCOCCOCCOCCOCCOCc3cn(CC4O[C@H](OP(=O)(O)OP(=O)(O)OC[C@H]5O[C@@H](n6cnc7c(=O)[nH]c(N)nc76)[C@@H](O)C5O)C(O)[C@@H](O)[C@@H]4O)nn3)cc2)nn1. The number of aliphatic hydroxyl groups excluding tert-OH is 5. The van der Waals surface area contributed by atoms with Gasteiger partial charge < -0.3 is 79.5 Å². The molecule has 418 valence electrons. The van der Waals surface area contributed by atoms with Crippen LogP contribution in [0.15, 0.2) is 41.6 Å². The van der Waals surface area contributed by atoms with Crippen LogP contribution >= 0.6 is 15.6 Å². The van der Waals surface area contributed by atoms with Crippen molar-refractivity contribution in [2.45, 2.75) is 88.3 Å². The smallest absolute Gasteiger partial charge is 0.388 e. The first-order chi connectivity index (χ1) is 36.4. The summed E-state index contributed by atoms with van der Waals surface area (Å²) in [6.45, 7) is 3.22. The molecule has 1 aromatic carbocycles. The molecule has 0 saturated carbocycles. The predicted molar refractivity (Wildman–Crippen MR) is 250 cm³/mol. The van der Waals surface area contributed by atoms with Crippen LogP contribution in [0, 0.1) is 6.92 Å². The maximum absolute atomic E-state index is 12.9. The zero-order valence-corrected chi connectivity index (χ0v) is 42.1. The number of anilines is 1. The second kappa shape index (κ2) is 27.3. The van der Waals surface area contributed by atoms with Crippen molar-refractivity contribution in [3.8, 4) is 11.4 Å². The Morgan fingerprint density at radius 2 is 1.42 bits per heavy atom. The number of carbonyl (C=O) groups is 1. The summed E-state index contributed by atoms with van der Waals surface area (Å²) in [5, 5.41) is 79.3. The van der Waals surface area contributed by atoms with E-state index in [1.165, 1.54) is 10.9 Å². The molecule has 2 fully saturated rings. The molecule has 76 heavy (non-hydrogen) atoms. The number of nitrogens with one attached hydrogen (secondary N) is 2. The molecule has 0 spiro atoms. The van der Waals surface area contributed by atoms with E-state index in [0.29, 0.717) is 56.9 Å². The van der Waals surface area contributed by atoms with Gasteiger partial charge in [0.25, 0.3) is 5.56 Å². The van der Waals surface area contributed by atoms with Crippen LogP contribution in [0.25, 0.3) is 22.6 Å². The summed E-state index contributed by atoms with van der Waals surface area (Å²) in [6, 6.07) is 7.40. The van der Waals surface area contributed by atoms with Gasteiger partial charge in [0.2, 0.25) is 17.7 Å². The highest BCUT2D eigenvalue weighted by Crippen LogP contribution is 2.61. The number of H-pyrrole nitrogens is 1. The lowest BCUT2D eigenvalue weighted by atomic mass is 9.99. The first kappa shape index (κ1) is 58.4. The third kappa shape index (κ3) is 16.6. The Balaban J connectivity index is 0.707. The first-order valence-electron chi connectivity index (χ1n) is 23.2. The van der Waals surface area contributed by atoms with E-state index in [0.717, 1.165) is 22.0 Å². The summed E-state index contributed by atoms with van der Waals surface area (Å²) >= 11 is 0. The Morgan fingerprint density at radius 3 is 2.09 bits per heavy atom. The molecule has 11 N–H and O–H groups in total. The van der Waals surface area contributed by atoms with Crippen molar-refractivity contribution >= 4 is 38.7 Å². The summed E-state index contributed by atoms with van der Waals surface area (Å²) in [4.78, 5) is 55.0. The molecule has 5 aromatic rings. The van der Waals surface area contributed by atoms with E-state index >= 15 is 0 Å². The Hall–Kier alpha value is -5.30. The number of amides is 1. The number of aliphatic hydroxyl groups is 5. The number of imidazole rings is 1. The molecule has 1 amide bonds. The summed E-state index contributed by atoms with van der Waals surface area (Å²) in [7, 11) is -11.3. The van der Waals surface area contributed by atoms with E-state index in [1.54, 1.807) is 6.92 Å². The summed E-state index contributed by atoms with van der Waals surface area (Å²) < 4.78 is 80.2. The quantitative estimate of drug-likeness (QED) is 0.0158. The zero-order chi connectivity index (χ0) is 54.4. The second-order valence-electron chi connectivity index (χ2n) is 16.7. The summed E-state index contributed by atoms with van der Waals surface area (Å²) in [5.74, 6) is 0.464. The minimum absolute atomic E-state index is 0.00785. The maximum Gasteiger partial charge on any atom is 0.483 e. The van der Waals surface area contributed by atoms with Crippen LogP contribution in [-0.2, 0) is 80.1 Å². The first-order valence-corrected chi connectivity index (χ1v) is 26.2. The Morgan fingerprint density at radius 1 is 0.789 bits per heavy atom. The number of fused-ring (bicyclic) bond motifs is 1. The standard InChI is InChI=1S/C40H57N13O21P2/c1-22-46-49-35(50-47-22)24-4-2-23(3-5-24)16-42-28(54)6-7-65-8-9-66-10-11-67-12-13-68-14-15-69-19-25-17-52(51-48-25)18-26-30(55)32(57)34(59)39(72-26)73-76(63,64)74-75(61,62)70-20-27-31(56)33(58)38(71-27)53-21-43-29-36(53)44-40(41)45-37(29)60/h2-5,17,21,26-27,30-34,38-39,55-59H,6-16,18-20H2,1H3,(H,42,54)(H,61,62)(H,63,64)(H3,41,44,45,60)/t26?,27-,30-,31?,32+,33+,34?,38-,39-/m1/s1. The van der Waals surface area contributed by atoms with Crippen molar-refractivity contribution in [1.82, 2.24) is 60.2 Å². The lowest BCUT2D eigenvalue weighted by Crippen LogP contribution is -2.58. The van der Waals surface area contributed by atoms with Gasteiger partial charge in [-0.15, -0.1) is 25.5 Å². The fraction of sp³-hybridized carbons (Fsp3) is 0.600. The highest BCUT2D eigenvalue weighted by Gasteiger charge is 2.50. The number of aromatic nitrogens is 11. The predicted octanol–water partition coefficient (Wildman–Crippen LogP) is -3.48. The monoisotopic (exact) mass is 1120 g/mol. The van der Waals surface area contributed by atoms with Crippen LogP contribution in [0.2, 0.25) is 0 Å². The van der Waals surface area contributed by atoms with Crippen LogP contribution in [0.4, 0.5) is 5.95 Å². The molecule has 5 unspecified atom stereocenters. The molecule has 36 heteroatoms. The van der Waals surface area contributed by atoms with E-state index in [-0.39, 0.29) is 69.0 Å². The van der Waals surface area contributed by atoms with Gasteiger partial charge in [0.15, 0.2) is 29.5 Å². The molecule has 6 heterocycles. The van der Waals surface area contributed by atoms with Crippen molar-refractivity contribution < 1.29 is 95.8 Å². The van der Waals surface area contributed by atoms with Crippen LogP contribution in [0.5, 0.6) is 0 Å². The number of carbonyl (C=O) groups excluding carboxylic acids is 1. The molecule has 34 nitrogen and oxygen atoms in total. The van der Waals surface area contributed by atoms with Gasteiger partial charge in [-0.25, -0.2) is 18.8 Å². The fourth-order valence-corrected chi connectivity index (χ4v) is 9.37. The minimum atomic E-state index is -5.72. The Bertz CT molecular complexity index is 2800. The van der Waals surface area contributed by atoms with Gasteiger partial charge in [-0.3, -0.25) is 28.2 Å². The number of rotatable bonds is 30. The molecule has 4 aromatic heterocycles. The molecule has 0 radical (unpaired) electrons. The van der Waals surface area contributed by atoms with E-state index in [9.17, 15) is 54.0 Å². The van der Waals surface area contributed by atoms with Crippen LogP contribution < -0.4 is 16.6 Å². The van der Waals surface area contributed by atoms with Gasteiger partial charge in [-0.2, -0.15) is 9.29 Å². The Labute approximate surface area is 429 Å². The highest BCUT2D eigenvalue weighted by atomic mass is 31.3. The van der Waals surface area contributed by atoms with Gasteiger partial charge in [-0.05, 0) is 12.5 Å². The van der Waals surface area contributed by atoms with Crippen molar-refractivity contribution in [2.24, 2.45) is 0 Å². The number of aromatic amines is 1. The molecule has 0 aliphatic carbocycles. The Kier molecular flexibility index (Phi) is 21.0. The molecule has 2 saturated heterocycles. The van der Waals surface area contributed by atoms with Crippen molar-refractivity contribution in [1.29, 1.82) is 0 Å². The highest BCUT2D eigenvalue weighted by molar-refractivity contribution is 7.61. The third-order valence-corrected chi connectivity index (χ3v) is 13.6. The van der Waals surface area contributed by atoms with Crippen LogP contribution in [0.1, 0.15) is 29.7 Å². The maximum atomic E-state index is 12.9. The van der Waals surface area contributed by atoms with Crippen molar-refractivity contribution in [3.63, 3.8) is 0 Å². The number of aryl methyl sites for hydroxylation is 1. The van der Waals surface area contributed by atoms with E-state index in [1.807, 2.05) is 24.3 Å². The molecular weight excluding hydrogens is 1060 g/mol. The number of phosphoric acid groups is 2. The number of nitrogen functional groups attached to an aromatic ring is 1. The number of benzene rings is 1. The zero-order valence-electron chi connectivity index (χ0n) is 40.3. The van der Waals surface area contributed by atoms with Gasteiger partial charge in [0.1, 0.15) is 48.4 Å². The second-order valence-corrected chi connectivity index (χ2v) is 19.7. The van der Waals surface area contributed by atoms with Gasteiger partial charge in [0.05, 0.1) is 91.7 Å². The number of nitrogens with two attached hydrogens (primary N) is 1. The number of hydrogen-bond acceptors (Lipinski definition) is 28. The average Bonchev–Trinajstić information content (AvgIpc) is 4.10. The lowest BCUT2D eigenvalue weighted by molar-refractivity contribution is -0.278. The molecule has 11 atom stereocenters. The van der Waals surface area contributed by atoms with Gasteiger partial charge in [-0.1, -0.05) is 29.5 Å². The lowest BCUT2D eigenvalue weighted by Gasteiger charge is -2.40. The van der Waals surface area contributed by atoms with Crippen LogP contribution in [-0.4, -0.2) is 211 Å². The molecule has 0 bridgehead atoms. The van der Waals surface area contributed by atoms with E-state index < -0.39 is 83.1 Å². The van der Waals surface area contributed by atoms with E-state index in [2.05, 4.69) is 55.3 Å². The number of phosphoric ester groups is 2. The van der Waals surface area contributed by atoms with Gasteiger partial charge >= 0.3 is 15.6 Å². The molecule has 7 rings (SSSR count). The molecule has 2 aliphatic rings. The molecule has 2 aliphatic heterocycles. The van der Waals surface area contributed by atoms with Crippen LogP contribution in [0.3, 0.4) is 0 Å². The minimum Gasteiger partial charge on any atom is -0.388 e. The molecular formula is C40H57N13O21P2. The third-order valence-electron chi connectivity index (χ3n) is 11.0. The number of nitrogens with zero attached hydrogens (tertiary/aromatic N) is 10. The topological polar surface area (TPSA) is 469 Å². The summed E-state index contributed by atoms with van der Waals surface area (Å²) in [5.41, 5.74) is 6.59. The number of ether oxygens (including phenoxy) is 7. The average molecular weight is 1120 g/mol. The van der Waals surface area contributed by atoms with Crippen molar-refractivity contribution in [2.75, 3.05) is 71.8 Å². The summed E-state index contributed by atoms with van der Waals surface area (Å²) in [6.07, 6.45) is -13.6. The number of hydrogen-bond donors (Lipinski definition) is 10. The van der Waals surface area contributed by atoms with Gasteiger partial charge in [0, 0.05) is 18.5 Å².